The van der Waals surface area contributed by atoms with Gasteiger partial charge in [-0.25, -0.2) is 5.01 Å². The van der Waals surface area contributed by atoms with Gasteiger partial charge in [0.15, 0.2) is 0 Å². The topological polar surface area (TPSA) is 65.9 Å². The first kappa shape index (κ1) is 16.9. The molecule has 0 spiro atoms. The molecule has 2 aliphatic rings. The number of aromatic nitrogens is 1. The first-order chi connectivity index (χ1) is 12.7. The van der Waals surface area contributed by atoms with E-state index < -0.39 is 0 Å². The molecular weight excluding hydrogens is 348 g/mol. The molecule has 7 heteroatoms. The van der Waals surface area contributed by atoms with Gasteiger partial charge in [0.2, 0.25) is 5.91 Å². The number of amides is 2. The highest BCUT2D eigenvalue weighted by molar-refractivity contribution is 7.11. The van der Waals surface area contributed by atoms with Crippen molar-refractivity contribution in [2.75, 3.05) is 13.1 Å². The van der Waals surface area contributed by atoms with Crippen LogP contribution in [0, 0.1) is 5.92 Å². The summed E-state index contributed by atoms with van der Waals surface area (Å²) in [5.41, 5.74) is 2.77. The summed E-state index contributed by atoms with van der Waals surface area (Å²) in [6, 6.07) is 10.0. The number of rotatable bonds is 3. The third-order valence-electron chi connectivity index (χ3n) is 5.01. The van der Waals surface area contributed by atoms with Gasteiger partial charge in [0, 0.05) is 31.6 Å². The monoisotopic (exact) mass is 368 g/mol. The van der Waals surface area contributed by atoms with Gasteiger partial charge in [-0.15, -0.1) is 11.3 Å². The molecule has 1 atom stereocenters. The second kappa shape index (κ2) is 7.37. The van der Waals surface area contributed by atoms with Gasteiger partial charge in [0.1, 0.15) is 4.88 Å². The van der Waals surface area contributed by atoms with Gasteiger partial charge in [0.25, 0.3) is 5.91 Å². The quantitative estimate of drug-likeness (QED) is 0.837. The molecule has 1 fully saturated rings. The standard InChI is InChI=1S/C19H20N4O2S/c24-18(23-16(6-9-21-23)14-4-2-1-3-5-14)15-7-10-22(11-8-15)19(25)17-12-20-13-26-17/h1-5,9,12-13,15-16H,6-8,10-11H2. The van der Waals surface area contributed by atoms with Crippen molar-refractivity contribution in [3.63, 3.8) is 0 Å². The van der Waals surface area contributed by atoms with Crippen LogP contribution in [0.3, 0.4) is 0 Å². The maximum absolute atomic E-state index is 13.0. The Labute approximate surface area is 156 Å². The molecule has 2 aliphatic heterocycles. The van der Waals surface area contributed by atoms with Gasteiger partial charge in [-0.05, 0) is 18.4 Å². The van der Waals surface area contributed by atoms with Crippen LogP contribution in [0.15, 0.2) is 47.1 Å². The van der Waals surface area contributed by atoms with Crippen LogP contribution < -0.4 is 0 Å². The van der Waals surface area contributed by atoms with Crippen LogP contribution in [0.4, 0.5) is 0 Å². The number of nitrogens with zero attached hydrogens (tertiary/aromatic N) is 4. The number of benzene rings is 1. The number of piperidine rings is 1. The molecule has 0 radical (unpaired) electrons. The van der Waals surface area contributed by atoms with E-state index in [2.05, 4.69) is 10.1 Å². The first-order valence-electron chi connectivity index (χ1n) is 8.82. The molecule has 1 saturated heterocycles. The van der Waals surface area contributed by atoms with Crippen LogP contribution in [0.2, 0.25) is 0 Å². The molecule has 2 aromatic rings. The smallest absolute Gasteiger partial charge is 0.265 e. The SMILES string of the molecule is O=C(c1cncs1)N1CCC(C(=O)N2N=CCC2c2ccccc2)CC1. The number of hydrogen-bond donors (Lipinski definition) is 0. The Morgan fingerprint density at radius 2 is 1.88 bits per heavy atom. The fourth-order valence-electron chi connectivity index (χ4n) is 3.57. The summed E-state index contributed by atoms with van der Waals surface area (Å²) in [7, 11) is 0. The second-order valence-corrected chi connectivity index (χ2v) is 7.46. The van der Waals surface area contributed by atoms with Gasteiger partial charge < -0.3 is 4.90 Å². The highest BCUT2D eigenvalue weighted by Gasteiger charge is 2.35. The lowest BCUT2D eigenvalue weighted by atomic mass is 9.94. The normalized spacial score (nSPS) is 20.5. The second-order valence-electron chi connectivity index (χ2n) is 6.58. The van der Waals surface area contributed by atoms with Gasteiger partial charge >= 0.3 is 0 Å². The van der Waals surface area contributed by atoms with Crippen LogP contribution in [-0.2, 0) is 4.79 Å². The molecule has 134 valence electrons. The summed E-state index contributed by atoms with van der Waals surface area (Å²) in [6.07, 6.45) is 5.53. The Morgan fingerprint density at radius 3 is 2.58 bits per heavy atom. The molecule has 0 bridgehead atoms. The zero-order valence-electron chi connectivity index (χ0n) is 14.3. The van der Waals surface area contributed by atoms with E-state index in [1.165, 1.54) is 11.3 Å². The van der Waals surface area contributed by atoms with Gasteiger partial charge in [0.05, 0.1) is 17.7 Å². The fourth-order valence-corrected chi connectivity index (χ4v) is 4.16. The lowest BCUT2D eigenvalue weighted by Gasteiger charge is -2.33. The number of likely N-dealkylation sites (tertiary alicyclic amines) is 1. The van der Waals surface area contributed by atoms with Crippen molar-refractivity contribution in [2.24, 2.45) is 11.0 Å². The number of hydrazone groups is 1. The first-order valence-corrected chi connectivity index (χ1v) is 9.70. The maximum atomic E-state index is 13.0. The van der Waals surface area contributed by atoms with E-state index in [0.29, 0.717) is 30.8 Å². The van der Waals surface area contributed by atoms with Crippen molar-refractivity contribution in [1.29, 1.82) is 0 Å². The van der Waals surface area contributed by atoms with Crippen molar-refractivity contribution >= 4 is 29.4 Å². The average molecular weight is 368 g/mol. The van der Waals surface area contributed by atoms with Crippen LogP contribution in [0.5, 0.6) is 0 Å². The molecule has 26 heavy (non-hydrogen) atoms. The van der Waals surface area contributed by atoms with Crippen molar-refractivity contribution in [2.45, 2.75) is 25.3 Å². The molecule has 4 rings (SSSR count). The molecule has 6 nitrogen and oxygen atoms in total. The summed E-state index contributed by atoms with van der Waals surface area (Å²) in [4.78, 5) is 31.8. The van der Waals surface area contributed by atoms with Crippen LogP contribution in [-0.4, -0.2) is 46.0 Å². The summed E-state index contributed by atoms with van der Waals surface area (Å²) >= 11 is 1.35. The van der Waals surface area contributed by atoms with Crippen LogP contribution in [0.1, 0.15) is 40.5 Å². The van der Waals surface area contributed by atoms with E-state index in [1.807, 2.05) is 41.4 Å². The molecule has 1 aromatic carbocycles. The minimum atomic E-state index is -0.0815. The molecule has 1 aromatic heterocycles. The van der Waals surface area contributed by atoms with Crippen molar-refractivity contribution in [3.05, 3.63) is 52.5 Å². The Balaban J connectivity index is 1.39. The number of thiazole rings is 1. The number of carbonyl (C=O) groups excluding carboxylic acids is 2. The minimum Gasteiger partial charge on any atom is -0.338 e. The lowest BCUT2D eigenvalue weighted by molar-refractivity contribution is -0.138. The van der Waals surface area contributed by atoms with Gasteiger partial charge in [-0.2, -0.15) is 5.10 Å². The van der Waals surface area contributed by atoms with Crippen molar-refractivity contribution in [3.8, 4) is 0 Å². The van der Waals surface area contributed by atoms with E-state index in [1.54, 1.807) is 16.7 Å². The molecule has 0 N–H and O–H groups in total. The van der Waals surface area contributed by atoms with E-state index in [9.17, 15) is 9.59 Å². The van der Waals surface area contributed by atoms with Gasteiger partial charge in [-0.1, -0.05) is 30.3 Å². The minimum absolute atomic E-state index is 0.0134. The molecule has 1 unspecified atom stereocenters. The predicted octanol–water partition coefficient (Wildman–Crippen LogP) is 2.95. The zero-order chi connectivity index (χ0) is 17.9. The molecule has 3 heterocycles. The highest BCUT2D eigenvalue weighted by Crippen LogP contribution is 2.31. The zero-order valence-corrected chi connectivity index (χ0v) is 15.1. The Morgan fingerprint density at radius 1 is 1.12 bits per heavy atom. The van der Waals surface area contributed by atoms with Crippen molar-refractivity contribution < 1.29 is 9.59 Å². The van der Waals surface area contributed by atoms with E-state index in [0.717, 1.165) is 12.0 Å². The van der Waals surface area contributed by atoms with Crippen LogP contribution >= 0.6 is 11.3 Å². The number of carbonyl (C=O) groups is 2. The summed E-state index contributed by atoms with van der Waals surface area (Å²) in [6.45, 7) is 1.20. The predicted molar refractivity (Wildman–Crippen MR) is 99.9 cm³/mol. The Bertz CT molecular complexity index is 798. The lowest BCUT2D eigenvalue weighted by Crippen LogP contribution is -2.43. The van der Waals surface area contributed by atoms with Gasteiger partial charge in [-0.3, -0.25) is 14.6 Å². The fraction of sp³-hybridized carbons (Fsp3) is 0.368. The summed E-state index contributed by atoms with van der Waals surface area (Å²) in [5.74, 6) is -0.000723. The Hall–Kier alpha value is -2.54. The van der Waals surface area contributed by atoms with Crippen molar-refractivity contribution in [1.82, 2.24) is 14.9 Å². The third-order valence-corrected chi connectivity index (χ3v) is 5.78. The molecule has 2 amide bonds. The summed E-state index contributed by atoms with van der Waals surface area (Å²) in [5, 5.41) is 5.97. The number of hydrogen-bond acceptors (Lipinski definition) is 5. The molecular formula is C19H20N4O2S. The average Bonchev–Trinajstić information content (AvgIpc) is 3.39. The highest BCUT2D eigenvalue weighted by atomic mass is 32.1. The third kappa shape index (κ3) is 3.26. The maximum Gasteiger partial charge on any atom is 0.265 e. The largest absolute Gasteiger partial charge is 0.338 e. The van der Waals surface area contributed by atoms with E-state index in [-0.39, 0.29) is 23.8 Å². The Kier molecular flexibility index (Phi) is 4.79. The molecule has 0 saturated carbocycles. The summed E-state index contributed by atoms with van der Waals surface area (Å²) < 4.78 is 0. The van der Waals surface area contributed by atoms with E-state index >= 15 is 0 Å². The molecule has 0 aliphatic carbocycles. The van der Waals surface area contributed by atoms with E-state index in [4.69, 9.17) is 0 Å². The van der Waals surface area contributed by atoms with Crippen LogP contribution in [0.25, 0.3) is 0 Å².